The summed E-state index contributed by atoms with van der Waals surface area (Å²) in [6, 6.07) is 6.01. The van der Waals surface area contributed by atoms with Crippen molar-refractivity contribution in [3.05, 3.63) is 58.6 Å². The zero-order valence-corrected chi connectivity index (χ0v) is 16.0. The number of ether oxygens (including phenoxy) is 1. The zero-order chi connectivity index (χ0) is 23.6. The molecule has 31 heavy (non-hydrogen) atoms. The molecule has 0 saturated heterocycles. The third-order valence-corrected chi connectivity index (χ3v) is 4.22. The smallest absolute Gasteiger partial charge is 0.460 e. The van der Waals surface area contributed by atoms with Gasteiger partial charge < -0.3 is 10.1 Å². The van der Waals surface area contributed by atoms with Crippen LogP contribution in [0.2, 0.25) is 5.02 Å². The van der Waals surface area contributed by atoms with Crippen LogP contribution in [0.25, 0.3) is 0 Å². The first-order valence-corrected chi connectivity index (χ1v) is 8.48. The molecule has 0 aliphatic carbocycles. The lowest BCUT2D eigenvalue weighted by Gasteiger charge is -2.29. The summed E-state index contributed by atoms with van der Waals surface area (Å²) in [7, 11) is 0.755. The van der Waals surface area contributed by atoms with Crippen LogP contribution in [-0.4, -0.2) is 31.1 Å². The topological polar surface area (TPSA) is 67.4 Å². The van der Waals surface area contributed by atoms with Gasteiger partial charge in [-0.15, -0.1) is 0 Å². The molecule has 2 aromatic rings. The van der Waals surface area contributed by atoms with Crippen LogP contribution in [0.5, 0.6) is 5.75 Å². The highest BCUT2D eigenvalue weighted by molar-refractivity contribution is 6.34. The number of urea groups is 1. The quantitative estimate of drug-likeness (QED) is 0.557. The van der Waals surface area contributed by atoms with Crippen LogP contribution in [-0.2, 0) is 5.92 Å². The summed E-state index contributed by atoms with van der Waals surface area (Å²) in [6.45, 7) is 0. The van der Waals surface area contributed by atoms with Crippen molar-refractivity contribution >= 4 is 29.2 Å². The molecule has 168 valence electrons. The Hall–Kier alpha value is -3.02. The minimum atomic E-state index is -6.53. The summed E-state index contributed by atoms with van der Waals surface area (Å²) in [5.41, 5.74) is -2.15. The normalized spacial score (nSPS) is 12.3. The highest BCUT2D eigenvalue weighted by Gasteiger charge is 2.74. The number of methoxy groups -OCH3 is 1. The van der Waals surface area contributed by atoms with Crippen molar-refractivity contribution in [3.63, 3.8) is 0 Å². The van der Waals surface area contributed by atoms with Crippen LogP contribution in [0.1, 0.15) is 15.9 Å². The first-order valence-electron chi connectivity index (χ1n) is 8.10. The van der Waals surface area contributed by atoms with Gasteiger partial charge in [0.15, 0.2) is 0 Å². The number of rotatable bonds is 5. The van der Waals surface area contributed by atoms with Crippen LogP contribution < -0.4 is 15.4 Å². The summed E-state index contributed by atoms with van der Waals surface area (Å²) in [4.78, 5) is 23.9. The summed E-state index contributed by atoms with van der Waals surface area (Å²) in [5, 5.41) is 3.95. The Balaban J connectivity index is 2.24. The molecule has 13 heteroatoms. The van der Waals surface area contributed by atoms with E-state index in [-0.39, 0.29) is 22.3 Å². The van der Waals surface area contributed by atoms with Crippen molar-refractivity contribution in [2.75, 3.05) is 12.4 Å². The molecule has 0 radical (unpaired) electrons. The van der Waals surface area contributed by atoms with Crippen molar-refractivity contribution in [1.82, 2.24) is 5.32 Å². The average Bonchev–Trinajstić information content (AvgIpc) is 2.66. The lowest BCUT2D eigenvalue weighted by Crippen LogP contribution is -2.50. The van der Waals surface area contributed by atoms with Gasteiger partial charge in [-0.05, 0) is 24.3 Å². The van der Waals surface area contributed by atoms with Gasteiger partial charge in [0.05, 0.1) is 23.3 Å². The number of carbonyl (C=O) groups excluding carboxylic acids is 2. The fourth-order valence-corrected chi connectivity index (χ4v) is 2.58. The van der Waals surface area contributed by atoms with E-state index in [2.05, 4.69) is 4.74 Å². The van der Waals surface area contributed by atoms with Crippen molar-refractivity contribution in [2.24, 2.45) is 0 Å². The average molecular weight is 473 g/mol. The highest BCUT2D eigenvalue weighted by atomic mass is 35.5. The van der Waals surface area contributed by atoms with Gasteiger partial charge >= 0.3 is 24.1 Å². The van der Waals surface area contributed by atoms with Crippen molar-refractivity contribution in [1.29, 1.82) is 0 Å². The lowest BCUT2D eigenvalue weighted by molar-refractivity contribution is -0.359. The molecule has 3 amide bonds. The van der Waals surface area contributed by atoms with Crippen LogP contribution in [0, 0.1) is 0 Å². The predicted octanol–water partition coefficient (Wildman–Crippen LogP) is 5.60. The molecule has 0 spiro atoms. The Bertz CT molecular complexity index is 996. The van der Waals surface area contributed by atoms with Crippen LogP contribution >= 0.6 is 11.6 Å². The summed E-state index contributed by atoms with van der Waals surface area (Å²) in [6.07, 6.45) is -6.53. The molecule has 0 aromatic heterocycles. The fraction of sp³-hybridized carbons (Fsp3) is 0.222. The SMILES string of the molecule is COc1cc(NC(=O)NC(=O)c2ccccc2Cl)ccc1C(F)(F)C(F)(F)C(F)(F)F. The van der Waals surface area contributed by atoms with Crippen LogP contribution in [0.4, 0.5) is 41.2 Å². The summed E-state index contributed by atoms with van der Waals surface area (Å²) < 4.78 is 96.3. The van der Waals surface area contributed by atoms with Gasteiger partial charge in [0, 0.05) is 11.8 Å². The van der Waals surface area contributed by atoms with Gasteiger partial charge in [-0.3, -0.25) is 10.1 Å². The number of hydrogen-bond acceptors (Lipinski definition) is 3. The number of nitrogens with one attached hydrogen (secondary N) is 2. The Morgan fingerprint density at radius 2 is 1.58 bits per heavy atom. The van der Waals surface area contributed by atoms with Gasteiger partial charge in [0.2, 0.25) is 0 Å². The number of anilines is 1. The molecule has 0 atom stereocenters. The Morgan fingerprint density at radius 1 is 0.968 bits per heavy atom. The number of imide groups is 1. The van der Waals surface area contributed by atoms with E-state index in [0.29, 0.717) is 12.1 Å². The molecule has 0 saturated carbocycles. The fourth-order valence-electron chi connectivity index (χ4n) is 2.35. The van der Waals surface area contributed by atoms with E-state index < -0.39 is 41.3 Å². The van der Waals surface area contributed by atoms with E-state index in [1.807, 2.05) is 10.6 Å². The van der Waals surface area contributed by atoms with Gasteiger partial charge in [-0.2, -0.15) is 30.7 Å². The molecule has 2 rings (SSSR count). The molecule has 0 heterocycles. The van der Waals surface area contributed by atoms with Gasteiger partial charge in [-0.1, -0.05) is 23.7 Å². The van der Waals surface area contributed by atoms with Crippen molar-refractivity contribution in [2.45, 2.75) is 18.0 Å². The second-order valence-electron chi connectivity index (χ2n) is 5.95. The third-order valence-electron chi connectivity index (χ3n) is 3.89. The maximum Gasteiger partial charge on any atom is 0.460 e. The first kappa shape index (κ1) is 24.3. The first-order chi connectivity index (χ1) is 14.2. The summed E-state index contributed by atoms with van der Waals surface area (Å²) in [5.74, 6) is -14.0. The van der Waals surface area contributed by atoms with E-state index in [0.717, 1.165) is 7.11 Å². The largest absolute Gasteiger partial charge is 0.496 e. The lowest BCUT2D eigenvalue weighted by atomic mass is 10.00. The van der Waals surface area contributed by atoms with Crippen molar-refractivity contribution < 1.29 is 45.1 Å². The van der Waals surface area contributed by atoms with E-state index in [9.17, 15) is 40.3 Å². The van der Waals surface area contributed by atoms with E-state index in [1.54, 1.807) is 0 Å². The number of hydrogen-bond donors (Lipinski definition) is 2. The van der Waals surface area contributed by atoms with Crippen molar-refractivity contribution in [3.8, 4) is 5.75 Å². The van der Waals surface area contributed by atoms with E-state index in [1.165, 1.54) is 24.3 Å². The maximum absolute atomic E-state index is 14.0. The Morgan fingerprint density at radius 3 is 2.13 bits per heavy atom. The molecular weight excluding hydrogens is 461 g/mol. The van der Waals surface area contributed by atoms with Gasteiger partial charge in [0.25, 0.3) is 5.91 Å². The van der Waals surface area contributed by atoms with Gasteiger partial charge in [-0.25, -0.2) is 4.79 Å². The Labute approximate surface area is 175 Å². The highest BCUT2D eigenvalue weighted by Crippen LogP contribution is 2.53. The summed E-state index contributed by atoms with van der Waals surface area (Å²) >= 11 is 5.81. The zero-order valence-electron chi connectivity index (χ0n) is 15.3. The predicted molar refractivity (Wildman–Crippen MR) is 95.8 cm³/mol. The van der Waals surface area contributed by atoms with Crippen LogP contribution in [0.3, 0.4) is 0 Å². The second-order valence-corrected chi connectivity index (χ2v) is 6.36. The number of halogens is 8. The molecular formula is C18H12ClF7N2O3. The second kappa shape index (κ2) is 8.61. The molecule has 2 aromatic carbocycles. The minimum Gasteiger partial charge on any atom is -0.496 e. The monoisotopic (exact) mass is 472 g/mol. The molecule has 0 fully saturated rings. The molecule has 0 aliphatic heterocycles. The third kappa shape index (κ3) is 4.84. The number of benzene rings is 2. The van der Waals surface area contributed by atoms with Gasteiger partial charge in [0.1, 0.15) is 5.75 Å². The standard InChI is InChI=1S/C18H12ClF7N2O3/c1-31-13-8-9(6-7-11(13)16(20,21)17(22,23)18(24,25)26)27-15(30)28-14(29)10-4-2-3-5-12(10)19/h2-8H,1H3,(H2,27,28,29,30). The molecule has 0 bridgehead atoms. The maximum atomic E-state index is 14.0. The van der Waals surface area contributed by atoms with E-state index >= 15 is 0 Å². The number of amides is 3. The van der Waals surface area contributed by atoms with Crippen LogP contribution in [0.15, 0.2) is 42.5 Å². The number of alkyl halides is 7. The molecule has 0 aliphatic rings. The Kier molecular flexibility index (Phi) is 6.74. The molecule has 0 unspecified atom stereocenters. The molecule has 5 nitrogen and oxygen atoms in total. The number of carbonyl (C=O) groups is 2. The minimum absolute atomic E-state index is 0.0339. The molecule has 2 N–H and O–H groups in total. The van der Waals surface area contributed by atoms with E-state index in [4.69, 9.17) is 11.6 Å².